The molecule has 0 unspecified atom stereocenters. The number of nitrogens with two attached hydrogens (primary N) is 1. The monoisotopic (exact) mass is 247 g/mol. The van der Waals surface area contributed by atoms with Crippen molar-refractivity contribution >= 4 is 46.7 Å². The van der Waals surface area contributed by atoms with Crippen LogP contribution in [0.25, 0.3) is 0 Å². The lowest BCUT2D eigenvalue weighted by Gasteiger charge is -1.98. The number of thiocarbonyl (C=S) groups is 1. The van der Waals surface area contributed by atoms with Gasteiger partial charge in [0.25, 0.3) is 0 Å². The summed E-state index contributed by atoms with van der Waals surface area (Å²) in [7, 11) is 0. The molecule has 14 heavy (non-hydrogen) atoms. The average Bonchev–Trinajstić information content (AvgIpc) is 2.10. The van der Waals surface area contributed by atoms with E-state index in [9.17, 15) is 0 Å². The van der Waals surface area contributed by atoms with Crippen molar-refractivity contribution in [3.63, 3.8) is 0 Å². The Bertz CT molecular complexity index is 379. The Morgan fingerprint density at radius 2 is 2.21 bits per heavy atom. The molecule has 1 rings (SSSR count). The Morgan fingerprint density at radius 1 is 1.50 bits per heavy atom. The lowest BCUT2D eigenvalue weighted by molar-refractivity contribution is 1.04. The lowest BCUT2D eigenvalue weighted by atomic mass is 10.2. The molecule has 0 spiro atoms. The first-order valence-electron chi connectivity index (χ1n) is 3.63. The fraction of sp³-hybridized carbons (Fsp3) is 0. The largest absolute Gasteiger partial charge is 0.375 e. The number of benzene rings is 1. The molecular weight excluding hydrogens is 241 g/mol. The van der Waals surface area contributed by atoms with Crippen LogP contribution in [0.15, 0.2) is 23.3 Å². The zero-order valence-corrected chi connectivity index (χ0v) is 9.33. The number of hydrogen-bond donors (Lipinski definition) is 2. The predicted octanol–water partition coefficient (Wildman–Crippen LogP) is 2.16. The van der Waals surface area contributed by atoms with Crippen LogP contribution in [0.1, 0.15) is 5.56 Å². The topological polar surface area (TPSA) is 50.4 Å². The van der Waals surface area contributed by atoms with E-state index in [-0.39, 0.29) is 5.11 Å². The molecule has 0 aliphatic heterocycles. The highest BCUT2D eigenvalue weighted by atomic mass is 35.5. The molecule has 0 bridgehead atoms. The molecule has 6 heteroatoms. The third-order valence-electron chi connectivity index (χ3n) is 1.34. The van der Waals surface area contributed by atoms with Gasteiger partial charge in [-0.05, 0) is 30.4 Å². The van der Waals surface area contributed by atoms with Gasteiger partial charge < -0.3 is 5.73 Å². The van der Waals surface area contributed by atoms with Gasteiger partial charge in [0, 0.05) is 15.6 Å². The number of halogens is 2. The van der Waals surface area contributed by atoms with Crippen molar-refractivity contribution in [1.82, 2.24) is 5.43 Å². The second kappa shape index (κ2) is 5.14. The number of hydrazone groups is 1. The zero-order valence-electron chi connectivity index (χ0n) is 7.00. The molecule has 0 aromatic heterocycles. The van der Waals surface area contributed by atoms with Crippen molar-refractivity contribution in [2.45, 2.75) is 0 Å². The third-order valence-corrected chi connectivity index (χ3v) is 2.01. The summed E-state index contributed by atoms with van der Waals surface area (Å²) in [5.74, 6) is 0. The molecule has 0 saturated heterocycles. The number of hydrogen-bond acceptors (Lipinski definition) is 2. The lowest BCUT2D eigenvalue weighted by Crippen LogP contribution is -2.24. The molecule has 3 nitrogen and oxygen atoms in total. The maximum atomic E-state index is 5.87. The minimum Gasteiger partial charge on any atom is -0.375 e. The molecular formula is C8H7Cl2N3S. The normalized spacial score (nSPS) is 10.4. The zero-order chi connectivity index (χ0) is 10.6. The van der Waals surface area contributed by atoms with Gasteiger partial charge in [-0.25, -0.2) is 0 Å². The number of rotatable bonds is 2. The Balaban J connectivity index is 2.80. The van der Waals surface area contributed by atoms with Crippen LogP contribution in [-0.2, 0) is 0 Å². The maximum absolute atomic E-state index is 5.87. The number of nitrogens with one attached hydrogen (secondary N) is 1. The molecule has 3 N–H and O–H groups in total. The van der Waals surface area contributed by atoms with Crippen molar-refractivity contribution in [2.75, 3.05) is 0 Å². The molecule has 0 saturated carbocycles. The average molecular weight is 248 g/mol. The van der Waals surface area contributed by atoms with E-state index in [1.54, 1.807) is 18.2 Å². The Morgan fingerprint density at radius 3 is 2.86 bits per heavy atom. The van der Waals surface area contributed by atoms with Gasteiger partial charge in [-0.1, -0.05) is 23.2 Å². The van der Waals surface area contributed by atoms with Gasteiger partial charge in [-0.15, -0.1) is 0 Å². The Labute approximate surface area is 96.9 Å². The predicted molar refractivity (Wildman–Crippen MR) is 64.0 cm³/mol. The summed E-state index contributed by atoms with van der Waals surface area (Å²) in [5.41, 5.74) is 8.29. The molecule has 0 fully saturated rings. The summed E-state index contributed by atoms with van der Waals surface area (Å²) in [5, 5.41) is 5.00. The summed E-state index contributed by atoms with van der Waals surface area (Å²) in [6.45, 7) is 0. The van der Waals surface area contributed by atoms with E-state index in [1.165, 1.54) is 6.21 Å². The van der Waals surface area contributed by atoms with E-state index in [4.69, 9.17) is 28.9 Å². The molecule has 0 amide bonds. The molecule has 0 atom stereocenters. The second-order valence-corrected chi connectivity index (χ2v) is 3.68. The van der Waals surface area contributed by atoms with E-state index in [1.807, 2.05) is 0 Å². The highest BCUT2D eigenvalue weighted by Crippen LogP contribution is 2.18. The van der Waals surface area contributed by atoms with Crippen LogP contribution in [0.3, 0.4) is 0 Å². The maximum Gasteiger partial charge on any atom is 0.184 e. The van der Waals surface area contributed by atoms with Crippen molar-refractivity contribution in [1.29, 1.82) is 0 Å². The van der Waals surface area contributed by atoms with Crippen molar-refractivity contribution in [2.24, 2.45) is 10.8 Å². The van der Waals surface area contributed by atoms with Gasteiger partial charge in [0.15, 0.2) is 5.11 Å². The summed E-state index contributed by atoms with van der Waals surface area (Å²) < 4.78 is 0. The van der Waals surface area contributed by atoms with Crippen LogP contribution >= 0.6 is 35.4 Å². The Kier molecular flexibility index (Phi) is 4.13. The van der Waals surface area contributed by atoms with Gasteiger partial charge in [-0.3, -0.25) is 5.43 Å². The van der Waals surface area contributed by atoms with Crippen LogP contribution in [0.2, 0.25) is 10.0 Å². The van der Waals surface area contributed by atoms with Crippen LogP contribution in [0.4, 0.5) is 0 Å². The molecule has 0 radical (unpaired) electrons. The van der Waals surface area contributed by atoms with Crippen molar-refractivity contribution in [3.8, 4) is 0 Å². The van der Waals surface area contributed by atoms with Crippen LogP contribution in [0, 0.1) is 0 Å². The first-order chi connectivity index (χ1) is 6.59. The van der Waals surface area contributed by atoms with Crippen molar-refractivity contribution in [3.05, 3.63) is 33.8 Å². The van der Waals surface area contributed by atoms with E-state index in [2.05, 4.69) is 22.7 Å². The summed E-state index contributed by atoms with van der Waals surface area (Å²) in [4.78, 5) is 0. The van der Waals surface area contributed by atoms with Gasteiger partial charge in [0.1, 0.15) is 0 Å². The van der Waals surface area contributed by atoms with Gasteiger partial charge in [-0.2, -0.15) is 5.10 Å². The smallest absolute Gasteiger partial charge is 0.184 e. The van der Waals surface area contributed by atoms with Crippen LogP contribution in [-0.4, -0.2) is 11.3 Å². The first kappa shape index (κ1) is 11.2. The standard InChI is InChI=1S/C8H7Cl2N3S/c9-6-1-2-7(10)5(3-6)4-12-13-8(11)14/h1-4H,(H3,11,13,14). The highest BCUT2D eigenvalue weighted by Gasteiger charge is 1.97. The van der Waals surface area contributed by atoms with Gasteiger partial charge in [0.2, 0.25) is 0 Å². The van der Waals surface area contributed by atoms with Gasteiger partial charge in [0.05, 0.1) is 6.21 Å². The quantitative estimate of drug-likeness (QED) is 0.479. The summed E-state index contributed by atoms with van der Waals surface area (Å²) >= 11 is 16.2. The van der Waals surface area contributed by atoms with E-state index in [0.717, 1.165) is 0 Å². The number of nitrogens with zero attached hydrogens (tertiary/aromatic N) is 1. The molecule has 74 valence electrons. The van der Waals surface area contributed by atoms with E-state index >= 15 is 0 Å². The minimum absolute atomic E-state index is 0.0967. The van der Waals surface area contributed by atoms with E-state index < -0.39 is 0 Å². The fourth-order valence-electron chi connectivity index (χ4n) is 0.779. The molecule has 0 aliphatic carbocycles. The minimum atomic E-state index is 0.0967. The van der Waals surface area contributed by atoms with Gasteiger partial charge >= 0.3 is 0 Å². The highest BCUT2D eigenvalue weighted by molar-refractivity contribution is 7.80. The van der Waals surface area contributed by atoms with Crippen molar-refractivity contribution < 1.29 is 0 Å². The fourth-order valence-corrected chi connectivity index (χ4v) is 1.18. The molecule has 1 aromatic carbocycles. The first-order valence-corrected chi connectivity index (χ1v) is 4.79. The molecule has 1 aromatic rings. The van der Waals surface area contributed by atoms with Crippen LogP contribution < -0.4 is 11.2 Å². The molecule has 0 heterocycles. The Hall–Kier alpha value is -0.840. The van der Waals surface area contributed by atoms with E-state index in [0.29, 0.717) is 15.6 Å². The SMILES string of the molecule is NC(=S)NN=Cc1cc(Cl)ccc1Cl. The second-order valence-electron chi connectivity index (χ2n) is 2.40. The summed E-state index contributed by atoms with van der Waals surface area (Å²) in [6, 6.07) is 5.07. The van der Waals surface area contributed by atoms with Crippen LogP contribution in [0.5, 0.6) is 0 Å². The third kappa shape index (κ3) is 3.49. The summed E-state index contributed by atoms with van der Waals surface area (Å²) in [6.07, 6.45) is 1.49. The molecule has 0 aliphatic rings.